The van der Waals surface area contributed by atoms with Crippen molar-refractivity contribution in [1.82, 2.24) is 0 Å². The van der Waals surface area contributed by atoms with Crippen LogP contribution < -0.4 is 0 Å². The van der Waals surface area contributed by atoms with Gasteiger partial charge in [0, 0.05) is 5.39 Å². The van der Waals surface area contributed by atoms with Crippen LogP contribution in [0.3, 0.4) is 0 Å². The van der Waals surface area contributed by atoms with Crippen molar-refractivity contribution in [2.45, 2.75) is 33.1 Å². The summed E-state index contributed by atoms with van der Waals surface area (Å²) in [6, 6.07) is 5.04. The summed E-state index contributed by atoms with van der Waals surface area (Å²) >= 11 is 0. The molecule has 0 bridgehead atoms. The Morgan fingerprint density at radius 3 is 2.81 bits per heavy atom. The van der Waals surface area contributed by atoms with Crippen molar-refractivity contribution in [3.8, 4) is 0 Å². The fourth-order valence-electron chi connectivity index (χ4n) is 2.02. The lowest BCUT2D eigenvalue weighted by Crippen LogP contribution is -1.94. The van der Waals surface area contributed by atoms with Crippen LogP contribution in [0.5, 0.6) is 0 Å². The Kier molecular flexibility index (Phi) is 3.28. The van der Waals surface area contributed by atoms with Gasteiger partial charge in [0.2, 0.25) is 0 Å². The average Bonchev–Trinajstić information content (AvgIpc) is 2.69. The summed E-state index contributed by atoms with van der Waals surface area (Å²) in [5.41, 5.74) is 1.58. The molecule has 0 fully saturated rings. The van der Waals surface area contributed by atoms with E-state index in [9.17, 15) is 4.39 Å². The van der Waals surface area contributed by atoms with Gasteiger partial charge in [-0.05, 0) is 42.5 Å². The number of furan rings is 1. The van der Waals surface area contributed by atoms with Gasteiger partial charge >= 0.3 is 0 Å². The lowest BCUT2D eigenvalue weighted by molar-refractivity contribution is 0.544. The molecule has 0 aliphatic rings. The molecule has 86 valence electrons. The van der Waals surface area contributed by atoms with Crippen LogP contribution in [-0.4, -0.2) is 0 Å². The molecule has 1 nitrogen and oxygen atoms in total. The second kappa shape index (κ2) is 4.69. The van der Waals surface area contributed by atoms with E-state index in [0.717, 1.165) is 35.8 Å². The number of hydrogen-bond donors (Lipinski definition) is 0. The fraction of sp³-hybridized carbons (Fsp3) is 0.429. The molecule has 0 spiro atoms. The lowest BCUT2D eigenvalue weighted by Gasteiger charge is -2.06. The smallest absolute Gasteiger partial charge is 0.134 e. The van der Waals surface area contributed by atoms with Crippen LogP contribution in [-0.2, 0) is 6.42 Å². The monoisotopic (exact) mass is 220 g/mol. The van der Waals surface area contributed by atoms with E-state index in [0.29, 0.717) is 5.92 Å². The second-order valence-electron chi connectivity index (χ2n) is 4.64. The summed E-state index contributed by atoms with van der Waals surface area (Å²) < 4.78 is 19.0. The topological polar surface area (TPSA) is 13.1 Å². The number of hydrogen-bond acceptors (Lipinski definition) is 1. The van der Waals surface area contributed by atoms with Gasteiger partial charge in [0.05, 0.1) is 6.26 Å². The number of halogens is 1. The van der Waals surface area contributed by atoms with Crippen molar-refractivity contribution in [2.75, 3.05) is 0 Å². The number of aryl methyl sites for hydroxylation is 1. The first-order valence-corrected chi connectivity index (χ1v) is 5.83. The third kappa shape index (κ3) is 2.26. The maximum atomic E-state index is 13.7. The Bertz CT molecular complexity index is 471. The van der Waals surface area contributed by atoms with Crippen LogP contribution in [0.25, 0.3) is 11.0 Å². The van der Waals surface area contributed by atoms with Gasteiger partial charge in [0.1, 0.15) is 11.4 Å². The van der Waals surface area contributed by atoms with E-state index in [4.69, 9.17) is 4.42 Å². The first-order valence-electron chi connectivity index (χ1n) is 5.83. The highest BCUT2D eigenvalue weighted by Crippen LogP contribution is 2.24. The van der Waals surface area contributed by atoms with Crippen molar-refractivity contribution in [3.63, 3.8) is 0 Å². The first-order chi connectivity index (χ1) is 7.68. The minimum atomic E-state index is -0.113. The van der Waals surface area contributed by atoms with Gasteiger partial charge in [-0.1, -0.05) is 20.3 Å². The van der Waals surface area contributed by atoms with E-state index >= 15 is 0 Å². The summed E-state index contributed by atoms with van der Waals surface area (Å²) in [4.78, 5) is 0. The average molecular weight is 220 g/mol. The van der Waals surface area contributed by atoms with E-state index < -0.39 is 0 Å². The molecule has 1 heterocycles. The summed E-state index contributed by atoms with van der Waals surface area (Å²) in [6.07, 6.45) is 4.57. The molecule has 0 aliphatic carbocycles. The predicted octanol–water partition coefficient (Wildman–Crippen LogP) is 4.55. The quantitative estimate of drug-likeness (QED) is 0.736. The summed E-state index contributed by atoms with van der Waals surface area (Å²) in [5.74, 6) is 0.560. The van der Waals surface area contributed by atoms with Crippen LogP contribution in [0, 0.1) is 11.7 Å². The maximum absolute atomic E-state index is 13.7. The van der Waals surface area contributed by atoms with Crippen molar-refractivity contribution in [3.05, 3.63) is 35.8 Å². The highest BCUT2D eigenvalue weighted by molar-refractivity contribution is 5.81. The molecule has 16 heavy (non-hydrogen) atoms. The van der Waals surface area contributed by atoms with Crippen molar-refractivity contribution >= 4 is 11.0 Å². The molecule has 1 aromatic carbocycles. The molecule has 2 aromatic rings. The van der Waals surface area contributed by atoms with E-state index in [2.05, 4.69) is 13.8 Å². The Balaban J connectivity index is 2.21. The predicted molar refractivity (Wildman–Crippen MR) is 63.9 cm³/mol. The zero-order chi connectivity index (χ0) is 11.5. The second-order valence-corrected chi connectivity index (χ2v) is 4.64. The molecule has 0 amide bonds. The SMILES string of the molecule is CC(C)CCCc1c(F)ccc2occc12. The summed E-state index contributed by atoms with van der Waals surface area (Å²) in [5, 5.41) is 0.920. The molecule has 0 unspecified atom stereocenters. The molecular formula is C14H17FO. The molecule has 0 saturated carbocycles. The maximum Gasteiger partial charge on any atom is 0.134 e. The number of fused-ring (bicyclic) bond motifs is 1. The van der Waals surface area contributed by atoms with Crippen molar-refractivity contribution < 1.29 is 8.81 Å². The largest absolute Gasteiger partial charge is 0.464 e. The molecule has 0 saturated heterocycles. The van der Waals surface area contributed by atoms with Gasteiger partial charge in [-0.15, -0.1) is 0 Å². The lowest BCUT2D eigenvalue weighted by atomic mass is 10.00. The molecule has 0 N–H and O–H groups in total. The molecular weight excluding hydrogens is 203 g/mol. The van der Waals surface area contributed by atoms with Crippen molar-refractivity contribution in [2.24, 2.45) is 5.92 Å². The summed E-state index contributed by atoms with van der Waals surface area (Å²) in [7, 11) is 0. The van der Waals surface area contributed by atoms with Crippen LogP contribution >= 0.6 is 0 Å². The van der Waals surface area contributed by atoms with E-state index in [-0.39, 0.29) is 5.82 Å². The van der Waals surface area contributed by atoms with Crippen LogP contribution in [0.1, 0.15) is 32.3 Å². The van der Waals surface area contributed by atoms with Gasteiger partial charge in [0.25, 0.3) is 0 Å². The highest BCUT2D eigenvalue weighted by Gasteiger charge is 2.09. The van der Waals surface area contributed by atoms with E-state index in [1.165, 1.54) is 6.07 Å². The normalized spacial score (nSPS) is 11.5. The minimum Gasteiger partial charge on any atom is -0.464 e. The number of rotatable bonds is 4. The highest BCUT2D eigenvalue weighted by atomic mass is 19.1. The van der Waals surface area contributed by atoms with E-state index in [1.807, 2.05) is 6.07 Å². The van der Waals surface area contributed by atoms with Crippen LogP contribution in [0.15, 0.2) is 28.9 Å². The van der Waals surface area contributed by atoms with Gasteiger partial charge in [-0.25, -0.2) is 4.39 Å². The Hall–Kier alpha value is -1.31. The standard InChI is InChI=1S/C14H17FO/c1-10(2)4-3-5-11-12-8-9-16-14(12)7-6-13(11)15/h6-10H,3-5H2,1-2H3. The van der Waals surface area contributed by atoms with E-state index in [1.54, 1.807) is 12.3 Å². The fourth-order valence-corrected chi connectivity index (χ4v) is 2.02. The molecule has 0 radical (unpaired) electrons. The van der Waals surface area contributed by atoms with Gasteiger partial charge < -0.3 is 4.42 Å². The van der Waals surface area contributed by atoms with Crippen LogP contribution in [0.4, 0.5) is 4.39 Å². The first kappa shape index (κ1) is 11.2. The van der Waals surface area contributed by atoms with Gasteiger partial charge in [0.15, 0.2) is 0 Å². The molecule has 2 heteroatoms. The Morgan fingerprint density at radius 1 is 1.25 bits per heavy atom. The number of benzene rings is 1. The third-order valence-electron chi connectivity index (χ3n) is 2.90. The van der Waals surface area contributed by atoms with Gasteiger partial charge in [-0.3, -0.25) is 0 Å². The Morgan fingerprint density at radius 2 is 2.06 bits per heavy atom. The third-order valence-corrected chi connectivity index (χ3v) is 2.90. The zero-order valence-corrected chi connectivity index (χ0v) is 9.79. The molecule has 2 rings (SSSR count). The van der Waals surface area contributed by atoms with Crippen molar-refractivity contribution in [1.29, 1.82) is 0 Å². The summed E-state index contributed by atoms with van der Waals surface area (Å²) in [6.45, 7) is 4.38. The molecule has 1 aromatic heterocycles. The molecule has 0 aliphatic heterocycles. The Labute approximate surface area is 95.3 Å². The zero-order valence-electron chi connectivity index (χ0n) is 9.79. The minimum absolute atomic E-state index is 0.113. The van der Waals surface area contributed by atoms with Gasteiger partial charge in [-0.2, -0.15) is 0 Å². The molecule has 0 atom stereocenters. The van der Waals surface area contributed by atoms with Crippen LogP contribution in [0.2, 0.25) is 0 Å².